The Balaban J connectivity index is 1.64. The number of piperidine rings is 2. The predicted octanol–water partition coefficient (Wildman–Crippen LogP) is 2.87. The van der Waals surface area contributed by atoms with Gasteiger partial charge in [0, 0.05) is 35.4 Å². The van der Waals surface area contributed by atoms with E-state index in [9.17, 15) is 0 Å². The topological polar surface area (TPSA) is 28.2 Å². The molecule has 4 heterocycles. The minimum Gasteiger partial charge on any atom is -0.356 e. The quantitative estimate of drug-likeness (QED) is 0.866. The average Bonchev–Trinajstić information content (AvgIpc) is 2.95. The van der Waals surface area contributed by atoms with E-state index in [2.05, 4.69) is 32.7 Å². The number of rotatable bonds is 1. The van der Waals surface area contributed by atoms with Crippen molar-refractivity contribution in [1.82, 2.24) is 10.3 Å². The lowest BCUT2D eigenvalue weighted by Gasteiger charge is -2.42. The van der Waals surface area contributed by atoms with Crippen molar-refractivity contribution in [2.75, 3.05) is 24.5 Å². The number of hydrogen-bond acceptors (Lipinski definition) is 4. The molecule has 0 bridgehead atoms. The van der Waals surface area contributed by atoms with Crippen molar-refractivity contribution in [3.8, 4) is 0 Å². The monoisotopic (exact) mass is 273 g/mol. The summed E-state index contributed by atoms with van der Waals surface area (Å²) in [6.07, 6.45) is 5.91. The molecule has 2 aliphatic heterocycles. The Hall–Kier alpha value is -1.13. The molecule has 2 atom stereocenters. The fourth-order valence-corrected chi connectivity index (χ4v) is 4.35. The highest BCUT2D eigenvalue weighted by Gasteiger charge is 2.31. The van der Waals surface area contributed by atoms with Gasteiger partial charge in [-0.2, -0.15) is 0 Å². The minimum atomic E-state index is 0.742. The van der Waals surface area contributed by atoms with Crippen LogP contribution in [0.15, 0.2) is 23.7 Å². The fraction of sp³-hybridized carbons (Fsp3) is 0.533. The van der Waals surface area contributed by atoms with Gasteiger partial charge in [-0.05, 0) is 49.2 Å². The third kappa shape index (κ3) is 2.03. The highest BCUT2D eigenvalue weighted by molar-refractivity contribution is 7.17. The maximum Gasteiger partial charge on any atom is 0.137 e. The number of pyridine rings is 1. The van der Waals surface area contributed by atoms with Crippen LogP contribution in [0.25, 0.3) is 10.1 Å². The van der Waals surface area contributed by atoms with Gasteiger partial charge in [0.2, 0.25) is 0 Å². The molecule has 0 saturated carbocycles. The molecule has 1 N–H and O–H groups in total. The first kappa shape index (κ1) is 11.7. The lowest BCUT2D eigenvalue weighted by atomic mass is 9.85. The molecule has 2 unspecified atom stereocenters. The zero-order valence-corrected chi connectivity index (χ0v) is 11.8. The number of anilines is 1. The summed E-state index contributed by atoms with van der Waals surface area (Å²) in [5, 5.41) is 7.18. The van der Waals surface area contributed by atoms with Gasteiger partial charge in [0.15, 0.2) is 0 Å². The number of nitrogens with one attached hydrogen (secondary N) is 1. The molecule has 2 aliphatic rings. The van der Waals surface area contributed by atoms with Gasteiger partial charge in [0.1, 0.15) is 5.82 Å². The van der Waals surface area contributed by atoms with Crippen molar-refractivity contribution >= 4 is 27.2 Å². The van der Waals surface area contributed by atoms with Crippen molar-refractivity contribution < 1.29 is 0 Å². The van der Waals surface area contributed by atoms with Crippen LogP contribution < -0.4 is 10.2 Å². The van der Waals surface area contributed by atoms with E-state index < -0.39 is 0 Å². The first-order valence-electron chi connectivity index (χ1n) is 7.22. The van der Waals surface area contributed by atoms with Gasteiger partial charge in [0.05, 0.1) is 0 Å². The Morgan fingerprint density at radius 3 is 3.32 bits per heavy atom. The van der Waals surface area contributed by atoms with E-state index in [1.165, 1.54) is 48.3 Å². The second-order valence-corrected chi connectivity index (χ2v) is 6.61. The van der Waals surface area contributed by atoms with E-state index in [1.807, 2.05) is 17.5 Å². The Morgan fingerprint density at radius 1 is 1.32 bits per heavy atom. The highest BCUT2D eigenvalue weighted by Crippen LogP contribution is 2.32. The van der Waals surface area contributed by atoms with Gasteiger partial charge in [0.25, 0.3) is 0 Å². The molecule has 4 heteroatoms. The van der Waals surface area contributed by atoms with Crippen LogP contribution in [0.2, 0.25) is 0 Å². The molecule has 0 radical (unpaired) electrons. The first-order valence-corrected chi connectivity index (χ1v) is 8.10. The van der Waals surface area contributed by atoms with Crippen LogP contribution in [0.3, 0.4) is 0 Å². The van der Waals surface area contributed by atoms with Crippen LogP contribution in [0, 0.1) is 5.92 Å². The van der Waals surface area contributed by atoms with Crippen molar-refractivity contribution in [1.29, 1.82) is 0 Å². The smallest absolute Gasteiger partial charge is 0.137 e. The lowest BCUT2D eigenvalue weighted by molar-refractivity contribution is 0.244. The second kappa shape index (κ2) is 4.76. The van der Waals surface area contributed by atoms with Crippen LogP contribution in [0.1, 0.15) is 19.3 Å². The summed E-state index contributed by atoms with van der Waals surface area (Å²) in [7, 11) is 0. The van der Waals surface area contributed by atoms with E-state index in [-0.39, 0.29) is 0 Å². The van der Waals surface area contributed by atoms with Crippen LogP contribution in [-0.2, 0) is 0 Å². The summed E-state index contributed by atoms with van der Waals surface area (Å²) in [4.78, 5) is 7.16. The van der Waals surface area contributed by atoms with Gasteiger partial charge in [-0.3, -0.25) is 0 Å². The maximum atomic E-state index is 4.65. The highest BCUT2D eigenvalue weighted by atomic mass is 32.1. The normalized spacial score (nSPS) is 27.5. The third-order valence-electron chi connectivity index (χ3n) is 4.55. The Morgan fingerprint density at radius 2 is 2.32 bits per heavy atom. The Kier molecular flexibility index (Phi) is 2.93. The van der Waals surface area contributed by atoms with E-state index in [0.29, 0.717) is 0 Å². The predicted molar refractivity (Wildman–Crippen MR) is 81.0 cm³/mol. The molecule has 4 rings (SSSR count). The largest absolute Gasteiger partial charge is 0.356 e. The van der Waals surface area contributed by atoms with Crippen molar-refractivity contribution in [3.63, 3.8) is 0 Å². The SMILES string of the molecule is c1cc2sccc2c(N2CCC3NCCCC3C2)n1. The molecular weight excluding hydrogens is 254 g/mol. The maximum absolute atomic E-state index is 4.65. The van der Waals surface area contributed by atoms with E-state index in [4.69, 9.17) is 0 Å². The molecule has 2 saturated heterocycles. The summed E-state index contributed by atoms with van der Waals surface area (Å²) < 4.78 is 1.36. The molecule has 2 fully saturated rings. The summed E-state index contributed by atoms with van der Waals surface area (Å²) in [6, 6.07) is 5.08. The summed E-state index contributed by atoms with van der Waals surface area (Å²) in [5.74, 6) is 2.00. The Bertz CT molecular complexity index is 580. The first-order chi connectivity index (χ1) is 9.42. The molecule has 100 valence electrons. The van der Waals surface area contributed by atoms with Gasteiger partial charge in [-0.25, -0.2) is 4.98 Å². The van der Waals surface area contributed by atoms with Crippen LogP contribution in [0.5, 0.6) is 0 Å². The zero-order chi connectivity index (χ0) is 12.7. The number of nitrogens with zero attached hydrogens (tertiary/aromatic N) is 2. The fourth-order valence-electron chi connectivity index (χ4n) is 3.57. The molecular formula is C15H19N3S. The van der Waals surface area contributed by atoms with Crippen molar-refractivity contribution in [3.05, 3.63) is 23.7 Å². The van der Waals surface area contributed by atoms with Crippen molar-refractivity contribution in [2.24, 2.45) is 5.92 Å². The molecule has 0 spiro atoms. The molecule has 0 aromatic carbocycles. The van der Waals surface area contributed by atoms with E-state index in [0.717, 1.165) is 18.5 Å². The van der Waals surface area contributed by atoms with E-state index in [1.54, 1.807) is 0 Å². The molecule has 3 nitrogen and oxygen atoms in total. The third-order valence-corrected chi connectivity index (χ3v) is 5.43. The number of hydrogen-bond donors (Lipinski definition) is 1. The van der Waals surface area contributed by atoms with Crippen molar-refractivity contribution in [2.45, 2.75) is 25.3 Å². The van der Waals surface area contributed by atoms with Crippen LogP contribution in [0.4, 0.5) is 5.82 Å². The average molecular weight is 273 g/mol. The van der Waals surface area contributed by atoms with Gasteiger partial charge >= 0.3 is 0 Å². The van der Waals surface area contributed by atoms with E-state index >= 15 is 0 Å². The van der Waals surface area contributed by atoms with Crippen LogP contribution >= 0.6 is 11.3 Å². The minimum absolute atomic E-state index is 0.742. The number of aromatic nitrogens is 1. The van der Waals surface area contributed by atoms with Crippen LogP contribution in [-0.4, -0.2) is 30.7 Å². The molecule has 2 aromatic rings. The summed E-state index contributed by atoms with van der Waals surface area (Å²) in [6.45, 7) is 3.51. The summed E-state index contributed by atoms with van der Waals surface area (Å²) in [5.41, 5.74) is 0. The Labute approximate surface area is 117 Å². The van der Waals surface area contributed by atoms with Gasteiger partial charge < -0.3 is 10.2 Å². The lowest BCUT2D eigenvalue weighted by Crippen LogP contribution is -2.52. The summed E-state index contributed by atoms with van der Waals surface area (Å²) >= 11 is 1.81. The standard InChI is InChI=1S/C15H19N3S/c1-2-11-10-18(8-4-13(11)16-6-1)15-12-5-9-19-14(12)3-7-17-15/h3,5,7,9,11,13,16H,1-2,4,6,8,10H2. The molecule has 2 aromatic heterocycles. The van der Waals surface area contributed by atoms with Gasteiger partial charge in [-0.15, -0.1) is 11.3 Å². The molecule has 19 heavy (non-hydrogen) atoms. The second-order valence-electron chi connectivity index (χ2n) is 5.66. The molecule has 0 aliphatic carbocycles. The number of fused-ring (bicyclic) bond motifs is 2. The van der Waals surface area contributed by atoms with Gasteiger partial charge in [-0.1, -0.05) is 0 Å². The number of thiophene rings is 1. The molecule has 0 amide bonds. The zero-order valence-electron chi connectivity index (χ0n) is 11.0.